The Labute approximate surface area is 119 Å². The zero-order valence-electron chi connectivity index (χ0n) is 11.9. The molecule has 20 heavy (non-hydrogen) atoms. The lowest BCUT2D eigenvalue weighted by Gasteiger charge is -2.26. The van der Waals surface area contributed by atoms with Gasteiger partial charge in [0.2, 0.25) is 0 Å². The number of nitrogen functional groups attached to an aromatic ring is 1. The van der Waals surface area contributed by atoms with Gasteiger partial charge in [0, 0.05) is 18.8 Å². The number of rotatable bonds is 4. The highest BCUT2D eigenvalue weighted by atomic mass is 16.5. The molecule has 1 atom stereocenters. The number of fused-ring (bicyclic) bond motifs is 1. The monoisotopic (exact) mass is 274 g/mol. The van der Waals surface area contributed by atoms with Gasteiger partial charge in [0.1, 0.15) is 5.82 Å². The standard InChI is InChI=1S/C15H22N4O/c1-19(8-11-3-2-6-20-10-11)9-15-17-13-5-4-12(16)7-14(13)18-15/h4-5,7,11H,2-3,6,8-10,16H2,1H3,(H,17,18). The first kappa shape index (κ1) is 13.4. The number of aromatic nitrogens is 2. The minimum Gasteiger partial charge on any atom is -0.399 e. The molecule has 0 aliphatic carbocycles. The van der Waals surface area contributed by atoms with Gasteiger partial charge < -0.3 is 15.5 Å². The summed E-state index contributed by atoms with van der Waals surface area (Å²) in [7, 11) is 2.14. The summed E-state index contributed by atoms with van der Waals surface area (Å²) in [6, 6.07) is 5.77. The van der Waals surface area contributed by atoms with Crippen LogP contribution in [0.4, 0.5) is 5.69 Å². The van der Waals surface area contributed by atoms with E-state index >= 15 is 0 Å². The second kappa shape index (κ2) is 5.81. The quantitative estimate of drug-likeness (QED) is 0.837. The topological polar surface area (TPSA) is 67.2 Å². The van der Waals surface area contributed by atoms with Crippen molar-refractivity contribution in [1.82, 2.24) is 14.9 Å². The van der Waals surface area contributed by atoms with Crippen LogP contribution >= 0.6 is 0 Å². The molecule has 2 aromatic rings. The highest BCUT2D eigenvalue weighted by Gasteiger charge is 2.16. The number of nitrogens with one attached hydrogen (secondary N) is 1. The third kappa shape index (κ3) is 3.11. The van der Waals surface area contributed by atoms with Crippen molar-refractivity contribution in [3.05, 3.63) is 24.0 Å². The van der Waals surface area contributed by atoms with Gasteiger partial charge in [0.05, 0.1) is 24.2 Å². The van der Waals surface area contributed by atoms with Crippen molar-refractivity contribution >= 4 is 16.7 Å². The maximum absolute atomic E-state index is 5.79. The Morgan fingerprint density at radius 3 is 3.20 bits per heavy atom. The van der Waals surface area contributed by atoms with Gasteiger partial charge in [-0.05, 0) is 44.0 Å². The fourth-order valence-corrected chi connectivity index (χ4v) is 2.87. The number of anilines is 1. The van der Waals surface area contributed by atoms with E-state index in [2.05, 4.69) is 21.9 Å². The summed E-state index contributed by atoms with van der Waals surface area (Å²) in [5.41, 5.74) is 8.53. The van der Waals surface area contributed by atoms with Gasteiger partial charge >= 0.3 is 0 Å². The van der Waals surface area contributed by atoms with Crippen LogP contribution in [0.1, 0.15) is 18.7 Å². The lowest BCUT2D eigenvalue weighted by atomic mass is 10.0. The van der Waals surface area contributed by atoms with E-state index in [1.54, 1.807) is 0 Å². The number of aromatic amines is 1. The molecule has 5 heteroatoms. The summed E-state index contributed by atoms with van der Waals surface area (Å²) in [5.74, 6) is 1.64. The third-order valence-electron chi connectivity index (χ3n) is 3.80. The number of ether oxygens (including phenoxy) is 1. The molecule has 2 heterocycles. The smallest absolute Gasteiger partial charge is 0.121 e. The minimum atomic E-state index is 0.647. The largest absolute Gasteiger partial charge is 0.399 e. The maximum Gasteiger partial charge on any atom is 0.121 e. The Balaban J connectivity index is 1.63. The molecule has 1 saturated heterocycles. The van der Waals surface area contributed by atoms with Crippen LogP contribution in [0, 0.1) is 5.92 Å². The lowest BCUT2D eigenvalue weighted by Crippen LogP contribution is -2.30. The van der Waals surface area contributed by atoms with Crippen molar-refractivity contribution in [3.8, 4) is 0 Å². The molecular formula is C15H22N4O. The molecule has 0 amide bonds. The van der Waals surface area contributed by atoms with Crippen LogP contribution < -0.4 is 5.73 Å². The van der Waals surface area contributed by atoms with Crippen molar-refractivity contribution in [2.75, 3.05) is 32.5 Å². The first-order valence-electron chi connectivity index (χ1n) is 7.21. The molecule has 5 nitrogen and oxygen atoms in total. The van der Waals surface area contributed by atoms with Crippen LogP contribution in [-0.2, 0) is 11.3 Å². The van der Waals surface area contributed by atoms with Crippen LogP contribution in [0.3, 0.4) is 0 Å². The van der Waals surface area contributed by atoms with Crippen molar-refractivity contribution < 1.29 is 4.74 Å². The molecule has 0 bridgehead atoms. The van der Waals surface area contributed by atoms with Gasteiger partial charge in [-0.25, -0.2) is 4.98 Å². The SMILES string of the molecule is CN(Cc1nc2ccc(N)cc2[nH]1)CC1CCCOC1. The fourth-order valence-electron chi connectivity index (χ4n) is 2.87. The number of benzene rings is 1. The zero-order chi connectivity index (χ0) is 13.9. The molecule has 0 saturated carbocycles. The van der Waals surface area contributed by atoms with Gasteiger partial charge in [0.25, 0.3) is 0 Å². The van der Waals surface area contributed by atoms with Crippen LogP contribution in [0.25, 0.3) is 11.0 Å². The maximum atomic E-state index is 5.79. The van der Waals surface area contributed by atoms with Crippen molar-refractivity contribution in [1.29, 1.82) is 0 Å². The van der Waals surface area contributed by atoms with E-state index in [0.717, 1.165) is 48.8 Å². The van der Waals surface area contributed by atoms with E-state index in [1.165, 1.54) is 12.8 Å². The lowest BCUT2D eigenvalue weighted by molar-refractivity contribution is 0.0409. The molecule has 1 aromatic heterocycles. The second-order valence-electron chi connectivity index (χ2n) is 5.74. The molecule has 3 rings (SSSR count). The predicted octanol–water partition coefficient (Wildman–Crippen LogP) is 2.00. The number of hydrogen-bond acceptors (Lipinski definition) is 4. The first-order valence-corrected chi connectivity index (χ1v) is 7.21. The van der Waals surface area contributed by atoms with E-state index in [1.807, 2.05) is 18.2 Å². The van der Waals surface area contributed by atoms with Gasteiger partial charge in [-0.2, -0.15) is 0 Å². The van der Waals surface area contributed by atoms with E-state index in [0.29, 0.717) is 5.92 Å². The Kier molecular flexibility index (Phi) is 3.89. The van der Waals surface area contributed by atoms with Gasteiger partial charge in [-0.15, -0.1) is 0 Å². The normalized spacial score (nSPS) is 19.8. The van der Waals surface area contributed by atoms with Crippen LogP contribution in [0.2, 0.25) is 0 Å². The fraction of sp³-hybridized carbons (Fsp3) is 0.533. The second-order valence-corrected chi connectivity index (χ2v) is 5.74. The van der Waals surface area contributed by atoms with E-state index in [4.69, 9.17) is 10.5 Å². The van der Waals surface area contributed by atoms with Crippen molar-refractivity contribution in [2.24, 2.45) is 5.92 Å². The first-order chi connectivity index (χ1) is 9.70. The summed E-state index contributed by atoms with van der Waals surface area (Å²) < 4.78 is 5.53. The summed E-state index contributed by atoms with van der Waals surface area (Å²) in [5, 5.41) is 0. The van der Waals surface area contributed by atoms with Crippen LogP contribution in [0.15, 0.2) is 18.2 Å². The predicted molar refractivity (Wildman–Crippen MR) is 80.4 cm³/mol. The molecule has 1 aliphatic rings. The number of hydrogen-bond donors (Lipinski definition) is 2. The van der Waals surface area contributed by atoms with E-state index < -0.39 is 0 Å². The third-order valence-corrected chi connectivity index (χ3v) is 3.80. The average molecular weight is 274 g/mol. The highest BCUT2D eigenvalue weighted by Crippen LogP contribution is 2.17. The number of nitrogens with two attached hydrogens (primary N) is 1. The minimum absolute atomic E-state index is 0.647. The van der Waals surface area contributed by atoms with E-state index in [9.17, 15) is 0 Å². The molecule has 1 aliphatic heterocycles. The summed E-state index contributed by atoms with van der Waals surface area (Å²) in [6.07, 6.45) is 2.45. The summed E-state index contributed by atoms with van der Waals surface area (Å²) in [6.45, 7) is 3.69. The highest BCUT2D eigenvalue weighted by molar-refractivity contribution is 5.78. The average Bonchev–Trinajstić information content (AvgIpc) is 2.80. The molecule has 1 unspecified atom stereocenters. The Morgan fingerprint density at radius 1 is 1.50 bits per heavy atom. The molecule has 1 aromatic carbocycles. The Bertz CT molecular complexity index is 574. The van der Waals surface area contributed by atoms with Crippen LogP contribution in [-0.4, -0.2) is 41.7 Å². The zero-order valence-corrected chi connectivity index (χ0v) is 11.9. The van der Waals surface area contributed by atoms with Crippen molar-refractivity contribution in [3.63, 3.8) is 0 Å². The number of H-pyrrole nitrogens is 1. The summed E-state index contributed by atoms with van der Waals surface area (Å²) in [4.78, 5) is 10.2. The molecule has 0 radical (unpaired) electrons. The molecular weight excluding hydrogens is 252 g/mol. The molecule has 0 spiro atoms. The van der Waals surface area contributed by atoms with Gasteiger partial charge in [-0.1, -0.05) is 0 Å². The van der Waals surface area contributed by atoms with Gasteiger partial charge in [0.15, 0.2) is 0 Å². The Hall–Kier alpha value is -1.59. The molecule has 108 valence electrons. The van der Waals surface area contributed by atoms with Gasteiger partial charge in [-0.3, -0.25) is 4.90 Å². The van der Waals surface area contributed by atoms with E-state index in [-0.39, 0.29) is 0 Å². The Morgan fingerprint density at radius 2 is 2.40 bits per heavy atom. The molecule has 3 N–H and O–H groups in total. The van der Waals surface area contributed by atoms with Crippen molar-refractivity contribution in [2.45, 2.75) is 19.4 Å². The number of nitrogens with zero attached hydrogens (tertiary/aromatic N) is 2. The number of imidazole rings is 1. The van der Waals surface area contributed by atoms with Crippen LogP contribution in [0.5, 0.6) is 0 Å². The summed E-state index contributed by atoms with van der Waals surface area (Å²) >= 11 is 0. The molecule has 1 fully saturated rings.